The number of nitrogens with zero attached hydrogens (tertiary/aromatic N) is 2. The molecule has 1 aromatic carbocycles. The molecule has 0 saturated heterocycles. The van der Waals surface area contributed by atoms with Gasteiger partial charge < -0.3 is 14.5 Å². The Morgan fingerprint density at radius 3 is 2.72 bits per heavy atom. The van der Waals surface area contributed by atoms with Gasteiger partial charge in [0, 0.05) is 25.0 Å². The van der Waals surface area contributed by atoms with E-state index in [1.54, 1.807) is 0 Å². The molecule has 6 heteroatoms. The zero-order valence-electron chi connectivity index (χ0n) is 17.8. The highest BCUT2D eigenvalue weighted by Crippen LogP contribution is 2.22. The number of amides is 1. The third-order valence-electron chi connectivity index (χ3n) is 5.41. The molecule has 0 radical (unpaired) electrons. The zero-order valence-corrected chi connectivity index (χ0v) is 17.8. The van der Waals surface area contributed by atoms with E-state index in [2.05, 4.69) is 29.4 Å². The van der Waals surface area contributed by atoms with Crippen LogP contribution in [0.3, 0.4) is 0 Å². The monoisotopic (exact) mass is 399 g/mol. The Bertz CT molecular complexity index is 770. The molecule has 6 nitrogen and oxygen atoms in total. The molecule has 0 unspecified atom stereocenters. The van der Waals surface area contributed by atoms with Crippen LogP contribution in [0.4, 0.5) is 0 Å². The van der Waals surface area contributed by atoms with Crippen LogP contribution in [0.25, 0.3) is 11.5 Å². The summed E-state index contributed by atoms with van der Waals surface area (Å²) in [7, 11) is 0. The molecule has 1 fully saturated rings. The first-order valence-electron chi connectivity index (χ1n) is 10.8. The normalized spacial score (nSPS) is 19.4. The van der Waals surface area contributed by atoms with Crippen LogP contribution in [0, 0.1) is 12.8 Å². The number of benzene rings is 1. The molecular formula is C23H33N3O3. The van der Waals surface area contributed by atoms with Crippen LogP contribution in [-0.2, 0) is 16.0 Å². The van der Waals surface area contributed by atoms with E-state index in [0.717, 1.165) is 37.9 Å². The Hall–Kier alpha value is -2.21. The van der Waals surface area contributed by atoms with Crippen molar-refractivity contribution < 1.29 is 13.9 Å². The maximum atomic E-state index is 12.5. The Balaban J connectivity index is 1.47. The van der Waals surface area contributed by atoms with Crippen molar-refractivity contribution in [1.29, 1.82) is 0 Å². The second kappa shape index (κ2) is 10.5. The van der Waals surface area contributed by atoms with E-state index in [1.807, 2.05) is 31.2 Å². The Morgan fingerprint density at radius 2 is 1.97 bits per heavy atom. The molecule has 1 N–H and O–H groups in total. The van der Waals surface area contributed by atoms with Crippen molar-refractivity contribution in [3.8, 4) is 11.5 Å². The number of carbonyl (C=O) groups is 1. The molecular weight excluding hydrogens is 366 g/mol. The van der Waals surface area contributed by atoms with Crippen LogP contribution in [0.15, 0.2) is 28.7 Å². The van der Waals surface area contributed by atoms with Crippen molar-refractivity contribution >= 4 is 5.91 Å². The smallest absolute Gasteiger partial charge is 0.247 e. The van der Waals surface area contributed by atoms with Gasteiger partial charge in [0.1, 0.15) is 0 Å². The lowest BCUT2D eigenvalue weighted by Crippen LogP contribution is -2.46. The molecule has 1 aliphatic rings. The number of aryl methyl sites for hydroxylation is 2. The van der Waals surface area contributed by atoms with Crippen LogP contribution in [-0.4, -0.2) is 34.9 Å². The van der Waals surface area contributed by atoms with E-state index in [1.165, 1.54) is 12.0 Å². The standard InChI is InChI=1S/C23H33N3O3/c1-16(2)14-15-28-20-7-5-4-6-19(20)24-21(27)12-13-22-25-26-23(29-22)18-10-8-17(3)9-11-18/h8-11,16,19-20H,4-7,12-15H2,1-3H3,(H,24,27)/t19-,20-/m1/s1. The Labute approximate surface area is 173 Å². The fraction of sp³-hybridized carbons (Fsp3) is 0.609. The van der Waals surface area contributed by atoms with Crippen molar-refractivity contribution in [3.63, 3.8) is 0 Å². The number of hydrogen-bond acceptors (Lipinski definition) is 5. The van der Waals surface area contributed by atoms with Crippen molar-refractivity contribution in [1.82, 2.24) is 15.5 Å². The molecule has 1 saturated carbocycles. The van der Waals surface area contributed by atoms with Gasteiger partial charge in [-0.1, -0.05) is 44.4 Å². The maximum absolute atomic E-state index is 12.5. The van der Waals surface area contributed by atoms with E-state index in [9.17, 15) is 4.79 Å². The maximum Gasteiger partial charge on any atom is 0.247 e. The molecule has 1 amide bonds. The number of nitrogens with one attached hydrogen (secondary N) is 1. The predicted octanol–water partition coefficient (Wildman–Crippen LogP) is 4.47. The van der Waals surface area contributed by atoms with Gasteiger partial charge >= 0.3 is 0 Å². The molecule has 0 bridgehead atoms. The second-order valence-electron chi connectivity index (χ2n) is 8.42. The number of ether oxygens (including phenoxy) is 1. The van der Waals surface area contributed by atoms with Crippen LogP contribution in [0.5, 0.6) is 0 Å². The van der Waals surface area contributed by atoms with Gasteiger partial charge in [0.15, 0.2) is 0 Å². The molecule has 2 atom stereocenters. The van der Waals surface area contributed by atoms with E-state index in [-0.39, 0.29) is 18.1 Å². The topological polar surface area (TPSA) is 77.2 Å². The van der Waals surface area contributed by atoms with Crippen LogP contribution < -0.4 is 5.32 Å². The van der Waals surface area contributed by atoms with Gasteiger partial charge in [-0.2, -0.15) is 0 Å². The van der Waals surface area contributed by atoms with E-state index < -0.39 is 0 Å². The SMILES string of the molecule is Cc1ccc(-c2nnc(CCC(=O)N[C@@H]3CCCC[C@H]3OCCC(C)C)o2)cc1. The highest BCUT2D eigenvalue weighted by molar-refractivity contribution is 5.76. The first-order valence-corrected chi connectivity index (χ1v) is 10.8. The molecule has 158 valence electrons. The van der Waals surface area contributed by atoms with Gasteiger partial charge in [-0.15, -0.1) is 10.2 Å². The quantitative estimate of drug-likeness (QED) is 0.673. The minimum Gasteiger partial charge on any atom is -0.421 e. The zero-order chi connectivity index (χ0) is 20.6. The molecule has 2 aromatic rings. The summed E-state index contributed by atoms with van der Waals surface area (Å²) in [4.78, 5) is 12.5. The summed E-state index contributed by atoms with van der Waals surface area (Å²) in [5, 5.41) is 11.4. The summed E-state index contributed by atoms with van der Waals surface area (Å²) in [6, 6.07) is 8.05. The van der Waals surface area contributed by atoms with Gasteiger partial charge in [-0.25, -0.2) is 0 Å². The van der Waals surface area contributed by atoms with Crippen molar-refractivity contribution in [2.75, 3.05) is 6.61 Å². The Morgan fingerprint density at radius 1 is 1.21 bits per heavy atom. The van der Waals surface area contributed by atoms with Crippen LogP contribution in [0.1, 0.15) is 63.8 Å². The highest BCUT2D eigenvalue weighted by atomic mass is 16.5. The molecule has 1 aliphatic carbocycles. The second-order valence-corrected chi connectivity index (χ2v) is 8.42. The third kappa shape index (κ3) is 6.67. The van der Waals surface area contributed by atoms with Crippen molar-refractivity contribution in [3.05, 3.63) is 35.7 Å². The van der Waals surface area contributed by atoms with Gasteiger partial charge in [0.25, 0.3) is 0 Å². The van der Waals surface area contributed by atoms with E-state index in [4.69, 9.17) is 9.15 Å². The summed E-state index contributed by atoms with van der Waals surface area (Å²) in [6.07, 6.45) is 6.27. The van der Waals surface area contributed by atoms with Gasteiger partial charge in [0.05, 0.1) is 12.1 Å². The fourth-order valence-corrected chi connectivity index (χ4v) is 3.58. The Kier molecular flexibility index (Phi) is 7.81. The largest absolute Gasteiger partial charge is 0.421 e. The molecule has 1 aromatic heterocycles. The molecule has 0 spiro atoms. The van der Waals surface area contributed by atoms with E-state index >= 15 is 0 Å². The first-order chi connectivity index (χ1) is 14.0. The third-order valence-corrected chi connectivity index (χ3v) is 5.41. The average molecular weight is 400 g/mol. The number of carbonyl (C=O) groups excluding carboxylic acids is 1. The first kappa shape index (κ1) is 21.5. The van der Waals surface area contributed by atoms with Gasteiger partial charge in [-0.3, -0.25) is 4.79 Å². The summed E-state index contributed by atoms with van der Waals surface area (Å²) < 4.78 is 11.8. The predicted molar refractivity (Wildman–Crippen MR) is 112 cm³/mol. The molecule has 1 heterocycles. The fourth-order valence-electron chi connectivity index (χ4n) is 3.58. The minimum absolute atomic E-state index is 0.0180. The van der Waals surface area contributed by atoms with Gasteiger partial charge in [0.2, 0.25) is 17.7 Å². The van der Waals surface area contributed by atoms with Crippen molar-refractivity contribution in [2.45, 2.75) is 77.9 Å². The van der Waals surface area contributed by atoms with Gasteiger partial charge in [-0.05, 0) is 44.2 Å². The number of hydrogen-bond donors (Lipinski definition) is 1. The van der Waals surface area contributed by atoms with E-state index in [0.29, 0.717) is 30.5 Å². The summed E-state index contributed by atoms with van der Waals surface area (Å²) in [6.45, 7) is 7.20. The molecule has 0 aliphatic heterocycles. The molecule has 3 rings (SSSR count). The summed E-state index contributed by atoms with van der Waals surface area (Å²) >= 11 is 0. The summed E-state index contributed by atoms with van der Waals surface area (Å²) in [5.41, 5.74) is 2.07. The highest BCUT2D eigenvalue weighted by Gasteiger charge is 2.27. The van der Waals surface area contributed by atoms with Crippen LogP contribution >= 0.6 is 0 Å². The minimum atomic E-state index is 0.0180. The average Bonchev–Trinajstić information content (AvgIpc) is 3.17. The lowest BCUT2D eigenvalue weighted by molar-refractivity contribution is -0.123. The lowest BCUT2D eigenvalue weighted by Gasteiger charge is -2.32. The van der Waals surface area contributed by atoms with Crippen LogP contribution in [0.2, 0.25) is 0 Å². The molecule has 29 heavy (non-hydrogen) atoms. The lowest BCUT2D eigenvalue weighted by atomic mass is 9.92. The number of aromatic nitrogens is 2. The van der Waals surface area contributed by atoms with Crippen molar-refractivity contribution in [2.24, 2.45) is 5.92 Å². The number of rotatable bonds is 9. The summed E-state index contributed by atoms with van der Waals surface area (Å²) in [5.74, 6) is 1.63.